The van der Waals surface area contributed by atoms with Crippen LogP contribution in [0.1, 0.15) is 39.2 Å². The third-order valence-corrected chi connectivity index (χ3v) is 5.69. The number of carboxylic acids is 1. The quantitative estimate of drug-likeness (QED) is 0.348. The molecular weight excluding hydrogens is 436 g/mol. The molecule has 0 radical (unpaired) electrons. The number of carbonyl (C=O) groups is 1. The Morgan fingerprint density at radius 2 is 1.75 bits per heavy atom. The normalized spacial score (nSPS) is 12.4. The first-order chi connectivity index (χ1) is 15.2. The number of benzene rings is 2. The molecule has 2 rings (SSSR count). The molecule has 1 unspecified atom stereocenters. The first kappa shape index (κ1) is 25.5. The monoisotopic (exact) mass is 466 g/mol. The molecule has 8 nitrogen and oxygen atoms in total. The lowest BCUT2D eigenvalue weighted by Crippen LogP contribution is -2.29. The summed E-state index contributed by atoms with van der Waals surface area (Å²) in [5.74, 6) is -0.372. The van der Waals surface area contributed by atoms with E-state index in [1.807, 2.05) is 0 Å². The molecule has 0 heterocycles. The highest BCUT2D eigenvalue weighted by Crippen LogP contribution is 2.32. The minimum Gasteiger partial charge on any atom is -0.494 e. The summed E-state index contributed by atoms with van der Waals surface area (Å²) >= 11 is 0. The number of hydrogen-bond donors (Lipinski definition) is 1. The molecule has 176 valence electrons. The van der Waals surface area contributed by atoms with Crippen molar-refractivity contribution in [2.24, 2.45) is 0 Å². The van der Waals surface area contributed by atoms with Crippen molar-refractivity contribution in [1.82, 2.24) is 0 Å². The molecule has 0 aliphatic carbocycles. The van der Waals surface area contributed by atoms with Crippen molar-refractivity contribution >= 4 is 16.1 Å². The minimum atomic E-state index is -4.15. The second-order valence-corrected chi connectivity index (χ2v) is 8.96. The topological polar surface area (TPSA) is 108 Å². The number of aliphatic carboxylic acids is 1. The molecule has 0 amide bonds. The fourth-order valence-corrected chi connectivity index (χ4v) is 3.78. The van der Waals surface area contributed by atoms with Gasteiger partial charge in [-0.05, 0) is 62.2 Å². The Morgan fingerprint density at radius 3 is 2.31 bits per heavy atom. The summed E-state index contributed by atoms with van der Waals surface area (Å²) in [5.41, 5.74) is 0.531. The van der Waals surface area contributed by atoms with Crippen LogP contribution in [0.5, 0.6) is 17.2 Å². The van der Waals surface area contributed by atoms with Crippen LogP contribution in [-0.2, 0) is 26.1 Å². The SMILES string of the molecule is CCCCOc1ccc(S(=O)(=O)Oc2cc(CC(OC(C)C)C(=O)O)ccc2OC)cc1. The Labute approximate surface area is 189 Å². The van der Waals surface area contributed by atoms with Crippen LogP contribution in [0.25, 0.3) is 0 Å². The maximum atomic E-state index is 12.8. The molecule has 2 aromatic rings. The van der Waals surface area contributed by atoms with Crippen LogP contribution in [0.4, 0.5) is 0 Å². The number of unbranched alkanes of at least 4 members (excludes halogenated alkanes) is 1. The van der Waals surface area contributed by atoms with Crippen LogP contribution in [0.2, 0.25) is 0 Å². The molecule has 0 bridgehead atoms. The van der Waals surface area contributed by atoms with Gasteiger partial charge in [-0.25, -0.2) is 4.79 Å². The lowest BCUT2D eigenvalue weighted by molar-refractivity contribution is -0.153. The molecule has 1 N–H and O–H groups in total. The van der Waals surface area contributed by atoms with Crippen molar-refractivity contribution in [2.75, 3.05) is 13.7 Å². The Bertz CT molecular complexity index is 984. The van der Waals surface area contributed by atoms with Crippen molar-refractivity contribution in [3.8, 4) is 17.2 Å². The van der Waals surface area contributed by atoms with Gasteiger partial charge in [-0.15, -0.1) is 0 Å². The van der Waals surface area contributed by atoms with Gasteiger partial charge in [0.15, 0.2) is 17.6 Å². The second kappa shape index (κ2) is 11.7. The van der Waals surface area contributed by atoms with Gasteiger partial charge in [0.2, 0.25) is 0 Å². The summed E-state index contributed by atoms with van der Waals surface area (Å²) in [4.78, 5) is 11.4. The van der Waals surface area contributed by atoms with E-state index in [1.54, 1.807) is 32.0 Å². The zero-order chi connectivity index (χ0) is 23.7. The molecule has 9 heteroatoms. The highest BCUT2D eigenvalue weighted by Gasteiger charge is 2.23. The molecule has 0 spiro atoms. The fraction of sp³-hybridized carbons (Fsp3) is 0.435. The zero-order valence-electron chi connectivity index (χ0n) is 18.7. The standard InChI is InChI=1S/C23H30O8S/c1-5-6-13-29-18-8-10-19(11-9-18)32(26,27)31-21-14-17(7-12-20(21)28-4)15-22(23(24)25)30-16(2)3/h7-12,14,16,22H,5-6,13,15H2,1-4H3,(H,24,25). The molecular formula is C23H30O8S. The van der Waals surface area contributed by atoms with Crippen LogP contribution in [0, 0.1) is 0 Å². The molecule has 0 aliphatic rings. The van der Waals surface area contributed by atoms with Crippen molar-refractivity contribution in [3.05, 3.63) is 48.0 Å². The second-order valence-electron chi connectivity index (χ2n) is 7.41. The molecule has 1 atom stereocenters. The van der Waals surface area contributed by atoms with Gasteiger partial charge in [0.1, 0.15) is 10.6 Å². The van der Waals surface area contributed by atoms with Crippen molar-refractivity contribution in [1.29, 1.82) is 0 Å². The summed E-state index contributed by atoms with van der Waals surface area (Å²) in [7, 11) is -2.76. The summed E-state index contributed by atoms with van der Waals surface area (Å²) in [6.45, 7) is 6.09. The average Bonchev–Trinajstić information content (AvgIpc) is 2.73. The van der Waals surface area contributed by atoms with Gasteiger partial charge in [0, 0.05) is 6.42 Å². The largest absolute Gasteiger partial charge is 0.494 e. The number of rotatable bonds is 13. The summed E-state index contributed by atoms with van der Waals surface area (Å²) in [6.07, 6.45) is 0.590. The van der Waals surface area contributed by atoms with E-state index in [4.69, 9.17) is 18.4 Å². The van der Waals surface area contributed by atoms with Gasteiger partial charge in [0.05, 0.1) is 19.8 Å². The third-order valence-electron chi connectivity index (χ3n) is 4.44. The van der Waals surface area contributed by atoms with Gasteiger partial charge in [-0.1, -0.05) is 19.4 Å². The molecule has 0 fully saturated rings. The number of carboxylic acid groups (broad SMARTS) is 1. The summed E-state index contributed by atoms with van der Waals surface area (Å²) in [6, 6.07) is 10.6. The van der Waals surface area contributed by atoms with Crippen LogP contribution >= 0.6 is 0 Å². The predicted molar refractivity (Wildman–Crippen MR) is 119 cm³/mol. The van der Waals surface area contributed by atoms with E-state index in [1.165, 1.54) is 31.4 Å². The Kier molecular flexibility index (Phi) is 9.34. The molecule has 0 saturated heterocycles. The van der Waals surface area contributed by atoms with Crippen LogP contribution < -0.4 is 13.7 Å². The third kappa shape index (κ3) is 7.42. The van der Waals surface area contributed by atoms with Crippen molar-refractivity contribution < 1.29 is 36.7 Å². The predicted octanol–water partition coefficient (Wildman–Crippen LogP) is 4.06. The Balaban J connectivity index is 2.22. The minimum absolute atomic E-state index is 0.0394. The van der Waals surface area contributed by atoms with E-state index < -0.39 is 22.2 Å². The number of hydrogen-bond acceptors (Lipinski definition) is 7. The molecule has 0 saturated carbocycles. The molecule has 0 aromatic heterocycles. The van der Waals surface area contributed by atoms with Crippen LogP contribution in [-0.4, -0.2) is 45.4 Å². The molecule has 32 heavy (non-hydrogen) atoms. The maximum Gasteiger partial charge on any atom is 0.339 e. The lowest BCUT2D eigenvalue weighted by Gasteiger charge is -2.17. The van der Waals surface area contributed by atoms with E-state index in [-0.39, 0.29) is 28.9 Å². The van der Waals surface area contributed by atoms with Gasteiger partial charge < -0.3 is 23.5 Å². The molecule has 0 aliphatic heterocycles. The van der Waals surface area contributed by atoms with Crippen molar-refractivity contribution in [2.45, 2.75) is 57.1 Å². The molecule has 2 aromatic carbocycles. The Morgan fingerprint density at radius 1 is 1.06 bits per heavy atom. The van der Waals surface area contributed by atoms with E-state index in [9.17, 15) is 18.3 Å². The van der Waals surface area contributed by atoms with E-state index in [2.05, 4.69) is 6.92 Å². The number of methoxy groups -OCH3 is 1. The Hall–Kier alpha value is -2.78. The number of ether oxygens (including phenoxy) is 3. The first-order valence-corrected chi connectivity index (χ1v) is 11.8. The zero-order valence-corrected chi connectivity index (χ0v) is 19.6. The fourth-order valence-electron chi connectivity index (χ4n) is 2.85. The summed E-state index contributed by atoms with van der Waals surface area (Å²) in [5, 5.41) is 9.39. The summed E-state index contributed by atoms with van der Waals surface area (Å²) < 4.78 is 47.1. The maximum absolute atomic E-state index is 12.8. The van der Waals surface area contributed by atoms with Crippen LogP contribution in [0.3, 0.4) is 0 Å². The van der Waals surface area contributed by atoms with Gasteiger partial charge in [0.25, 0.3) is 0 Å². The van der Waals surface area contributed by atoms with Crippen molar-refractivity contribution in [3.63, 3.8) is 0 Å². The van der Waals surface area contributed by atoms with Gasteiger partial charge in [-0.3, -0.25) is 0 Å². The van der Waals surface area contributed by atoms with Gasteiger partial charge >= 0.3 is 16.1 Å². The first-order valence-electron chi connectivity index (χ1n) is 10.4. The average molecular weight is 467 g/mol. The highest BCUT2D eigenvalue weighted by molar-refractivity contribution is 7.87. The van der Waals surface area contributed by atoms with Crippen LogP contribution in [0.15, 0.2) is 47.4 Å². The van der Waals surface area contributed by atoms with Gasteiger partial charge in [-0.2, -0.15) is 8.42 Å². The van der Waals surface area contributed by atoms with E-state index in [0.29, 0.717) is 17.9 Å². The van der Waals surface area contributed by atoms with E-state index >= 15 is 0 Å². The van der Waals surface area contributed by atoms with E-state index in [0.717, 1.165) is 12.8 Å². The lowest BCUT2D eigenvalue weighted by atomic mass is 10.1. The smallest absolute Gasteiger partial charge is 0.339 e. The highest BCUT2D eigenvalue weighted by atomic mass is 32.2.